The van der Waals surface area contributed by atoms with Crippen LogP contribution in [-0.4, -0.2) is 40.9 Å². The SMILES string of the molecule is Cc1cc(C)cc(C(=O)N2CCCC(C(=O)NCc3ccc(C(=O)O)o3)C2)c1. The predicted octanol–water partition coefficient (Wildman–Crippen LogP) is 2.76. The first-order valence-electron chi connectivity index (χ1n) is 9.31. The van der Waals surface area contributed by atoms with E-state index in [1.807, 2.05) is 32.0 Å². The molecule has 2 N–H and O–H groups in total. The van der Waals surface area contributed by atoms with Crippen molar-refractivity contribution >= 4 is 17.8 Å². The Hall–Kier alpha value is -3.09. The molecule has 1 fully saturated rings. The van der Waals surface area contributed by atoms with Gasteiger partial charge in [0.05, 0.1) is 12.5 Å². The number of rotatable bonds is 5. The van der Waals surface area contributed by atoms with Crippen molar-refractivity contribution in [1.82, 2.24) is 10.2 Å². The highest BCUT2D eigenvalue weighted by atomic mass is 16.4. The van der Waals surface area contributed by atoms with Crippen molar-refractivity contribution in [3.63, 3.8) is 0 Å². The zero-order valence-electron chi connectivity index (χ0n) is 16.0. The van der Waals surface area contributed by atoms with Gasteiger partial charge in [0.2, 0.25) is 11.7 Å². The summed E-state index contributed by atoms with van der Waals surface area (Å²) in [7, 11) is 0. The van der Waals surface area contributed by atoms with Crippen LogP contribution in [0, 0.1) is 19.8 Å². The maximum Gasteiger partial charge on any atom is 0.371 e. The average Bonchev–Trinajstić information content (AvgIpc) is 3.14. The molecule has 1 atom stereocenters. The smallest absolute Gasteiger partial charge is 0.371 e. The van der Waals surface area contributed by atoms with Crippen LogP contribution in [0.5, 0.6) is 0 Å². The highest BCUT2D eigenvalue weighted by Gasteiger charge is 2.29. The fraction of sp³-hybridized carbons (Fsp3) is 0.381. The molecule has 2 amide bonds. The van der Waals surface area contributed by atoms with E-state index in [0.29, 0.717) is 30.8 Å². The molecule has 0 saturated carbocycles. The van der Waals surface area contributed by atoms with Crippen LogP contribution in [0.4, 0.5) is 0 Å². The molecule has 0 spiro atoms. The minimum Gasteiger partial charge on any atom is -0.475 e. The third-order valence-electron chi connectivity index (χ3n) is 4.86. The Morgan fingerprint density at radius 3 is 2.54 bits per heavy atom. The summed E-state index contributed by atoms with van der Waals surface area (Å²) in [5.41, 5.74) is 2.72. The molecule has 0 bridgehead atoms. The van der Waals surface area contributed by atoms with Gasteiger partial charge in [0, 0.05) is 18.7 Å². The van der Waals surface area contributed by atoms with E-state index in [0.717, 1.165) is 17.5 Å². The summed E-state index contributed by atoms with van der Waals surface area (Å²) in [5, 5.41) is 11.6. The van der Waals surface area contributed by atoms with E-state index < -0.39 is 5.97 Å². The lowest BCUT2D eigenvalue weighted by Gasteiger charge is -2.32. The summed E-state index contributed by atoms with van der Waals surface area (Å²) in [5.74, 6) is -1.44. The van der Waals surface area contributed by atoms with Crippen LogP contribution >= 0.6 is 0 Å². The van der Waals surface area contributed by atoms with Crippen LogP contribution in [-0.2, 0) is 11.3 Å². The van der Waals surface area contributed by atoms with Crippen LogP contribution in [0.3, 0.4) is 0 Å². The Kier molecular flexibility index (Phi) is 5.82. The second-order valence-corrected chi connectivity index (χ2v) is 7.26. The Labute approximate surface area is 163 Å². The lowest BCUT2D eigenvalue weighted by atomic mass is 9.96. The summed E-state index contributed by atoms with van der Waals surface area (Å²) in [4.78, 5) is 37.9. The minimum atomic E-state index is -1.15. The molecule has 7 heteroatoms. The molecular weight excluding hydrogens is 360 g/mol. The number of nitrogens with zero attached hydrogens (tertiary/aromatic N) is 1. The number of piperidine rings is 1. The maximum atomic E-state index is 12.8. The Balaban J connectivity index is 1.59. The molecule has 1 aromatic carbocycles. The largest absolute Gasteiger partial charge is 0.475 e. The molecule has 0 radical (unpaired) electrons. The van der Waals surface area contributed by atoms with E-state index in [1.165, 1.54) is 12.1 Å². The second kappa shape index (κ2) is 8.29. The molecule has 1 aliphatic heterocycles. The number of likely N-dealkylation sites (tertiary alicyclic amines) is 1. The van der Waals surface area contributed by atoms with Gasteiger partial charge in [-0.25, -0.2) is 4.79 Å². The Bertz CT molecular complexity index is 882. The summed E-state index contributed by atoms with van der Waals surface area (Å²) >= 11 is 0. The molecule has 1 unspecified atom stereocenters. The van der Waals surface area contributed by atoms with Gasteiger partial charge in [0.15, 0.2) is 0 Å². The number of benzene rings is 1. The summed E-state index contributed by atoms with van der Waals surface area (Å²) in [6.07, 6.45) is 1.47. The lowest BCUT2D eigenvalue weighted by Crippen LogP contribution is -2.45. The van der Waals surface area contributed by atoms with Gasteiger partial charge >= 0.3 is 5.97 Å². The minimum absolute atomic E-state index is 0.0542. The molecule has 2 heterocycles. The van der Waals surface area contributed by atoms with Crippen molar-refractivity contribution in [3.05, 3.63) is 58.5 Å². The molecular formula is C21H24N2O5. The lowest BCUT2D eigenvalue weighted by molar-refractivity contribution is -0.126. The van der Waals surface area contributed by atoms with Gasteiger partial charge in [0.1, 0.15) is 5.76 Å². The van der Waals surface area contributed by atoms with Gasteiger partial charge in [-0.05, 0) is 51.0 Å². The molecule has 1 aromatic heterocycles. The van der Waals surface area contributed by atoms with Gasteiger partial charge in [-0.1, -0.05) is 17.2 Å². The van der Waals surface area contributed by atoms with E-state index in [4.69, 9.17) is 9.52 Å². The number of furan rings is 1. The quantitative estimate of drug-likeness (QED) is 0.826. The van der Waals surface area contributed by atoms with Crippen molar-refractivity contribution in [1.29, 1.82) is 0 Å². The zero-order valence-corrected chi connectivity index (χ0v) is 16.0. The molecule has 1 saturated heterocycles. The number of carboxylic acid groups (broad SMARTS) is 1. The number of hydrogen-bond acceptors (Lipinski definition) is 4. The first-order valence-corrected chi connectivity index (χ1v) is 9.31. The van der Waals surface area contributed by atoms with E-state index in [2.05, 4.69) is 5.32 Å². The fourth-order valence-corrected chi connectivity index (χ4v) is 3.56. The van der Waals surface area contributed by atoms with Gasteiger partial charge in [-0.15, -0.1) is 0 Å². The van der Waals surface area contributed by atoms with Crippen molar-refractivity contribution in [2.24, 2.45) is 5.92 Å². The van der Waals surface area contributed by atoms with E-state index >= 15 is 0 Å². The predicted molar refractivity (Wildman–Crippen MR) is 102 cm³/mol. The third-order valence-corrected chi connectivity index (χ3v) is 4.86. The van der Waals surface area contributed by atoms with Gasteiger partial charge in [0.25, 0.3) is 5.91 Å². The van der Waals surface area contributed by atoms with E-state index in [9.17, 15) is 14.4 Å². The molecule has 7 nitrogen and oxygen atoms in total. The van der Waals surface area contributed by atoms with Crippen LogP contribution in [0.25, 0.3) is 0 Å². The third kappa shape index (κ3) is 4.60. The van der Waals surface area contributed by atoms with Crippen molar-refractivity contribution in [2.75, 3.05) is 13.1 Å². The standard InChI is InChI=1S/C21H24N2O5/c1-13-8-14(2)10-16(9-13)20(25)23-7-3-4-15(12-23)19(24)22-11-17-5-6-18(28-17)21(26)27/h5-6,8-10,15H,3-4,7,11-12H2,1-2H3,(H,22,24)(H,26,27). The van der Waals surface area contributed by atoms with Gasteiger partial charge in [-0.2, -0.15) is 0 Å². The Morgan fingerprint density at radius 1 is 1.18 bits per heavy atom. The first-order chi connectivity index (χ1) is 13.3. The summed E-state index contributed by atoms with van der Waals surface area (Å²) < 4.78 is 5.14. The monoisotopic (exact) mass is 384 g/mol. The summed E-state index contributed by atoms with van der Waals surface area (Å²) in [6, 6.07) is 8.65. The highest BCUT2D eigenvalue weighted by molar-refractivity contribution is 5.95. The number of carbonyl (C=O) groups excluding carboxylic acids is 2. The van der Waals surface area contributed by atoms with Crippen molar-refractivity contribution in [2.45, 2.75) is 33.2 Å². The van der Waals surface area contributed by atoms with Crippen LogP contribution in [0.15, 0.2) is 34.7 Å². The average molecular weight is 384 g/mol. The van der Waals surface area contributed by atoms with Gasteiger partial charge < -0.3 is 19.7 Å². The highest BCUT2D eigenvalue weighted by Crippen LogP contribution is 2.20. The number of amides is 2. The molecule has 0 aliphatic carbocycles. The first kappa shape index (κ1) is 19.7. The Morgan fingerprint density at radius 2 is 1.89 bits per heavy atom. The topological polar surface area (TPSA) is 99.9 Å². The fourth-order valence-electron chi connectivity index (χ4n) is 3.56. The number of hydrogen-bond donors (Lipinski definition) is 2. The number of carbonyl (C=O) groups is 3. The maximum absolute atomic E-state index is 12.8. The van der Waals surface area contributed by atoms with Gasteiger partial charge in [-0.3, -0.25) is 9.59 Å². The molecule has 148 valence electrons. The van der Waals surface area contributed by atoms with Crippen molar-refractivity contribution in [3.8, 4) is 0 Å². The normalized spacial score (nSPS) is 16.6. The molecule has 28 heavy (non-hydrogen) atoms. The molecule has 3 rings (SSSR count). The second-order valence-electron chi connectivity index (χ2n) is 7.26. The summed E-state index contributed by atoms with van der Waals surface area (Å²) in [6.45, 7) is 5.04. The number of aromatic carboxylic acids is 1. The number of nitrogens with one attached hydrogen (secondary N) is 1. The molecule has 1 aliphatic rings. The van der Waals surface area contributed by atoms with Crippen LogP contribution in [0.1, 0.15) is 50.6 Å². The van der Waals surface area contributed by atoms with Crippen LogP contribution in [0.2, 0.25) is 0 Å². The number of aryl methyl sites for hydroxylation is 2. The zero-order chi connectivity index (χ0) is 20.3. The number of carboxylic acids is 1. The van der Waals surface area contributed by atoms with E-state index in [1.54, 1.807) is 4.90 Å². The van der Waals surface area contributed by atoms with E-state index in [-0.39, 0.29) is 30.0 Å². The molecule has 2 aromatic rings. The van der Waals surface area contributed by atoms with Crippen LogP contribution < -0.4 is 5.32 Å². The van der Waals surface area contributed by atoms with Crippen molar-refractivity contribution < 1.29 is 23.9 Å².